The van der Waals surface area contributed by atoms with Crippen molar-refractivity contribution in [2.75, 3.05) is 5.32 Å². The van der Waals surface area contributed by atoms with Crippen LogP contribution in [0.2, 0.25) is 0 Å². The Labute approximate surface area is 155 Å². The monoisotopic (exact) mass is 377 g/mol. The van der Waals surface area contributed by atoms with Crippen LogP contribution in [0, 0.1) is 5.92 Å². The standard InChI is InChI=1S/C18H23N3O4S/c1-9-6-11(16(24)14(9)22)21-17-10(7-19-8-20-17)15(23)12-4-5-13(26-12)18(2,3)25/h4-5,7-9,11,14,16,22,24-25H,6H2,1-3H3,(H,19,20,21)/t9-,11-,14-,16+/m1/s1. The van der Waals surface area contributed by atoms with E-state index in [-0.39, 0.29) is 17.3 Å². The van der Waals surface area contributed by atoms with Gasteiger partial charge in [-0.1, -0.05) is 6.92 Å². The molecule has 0 saturated heterocycles. The minimum absolute atomic E-state index is 0.0462. The Morgan fingerprint density at radius 1 is 1.31 bits per heavy atom. The van der Waals surface area contributed by atoms with Gasteiger partial charge in [0.25, 0.3) is 0 Å². The summed E-state index contributed by atoms with van der Waals surface area (Å²) in [5, 5.41) is 33.3. The van der Waals surface area contributed by atoms with E-state index in [2.05, 4.69) is 15.3 Å². The second-order valence-corrected chi connectivity index (χ2v) is 8.37. The zero-order valence-corrected chi connectivity index (χ0v) is 15.7. The predicted molar refractivity (Wildman–Crippen MR) is 98.2 cm³/mol. The maximum Gasteiger partial charge on any atom is 0.208 e. The van der Waals surface area contributed by atoms with Crippen LogP contribution in [0.3, 0.4) is 0 Å². The minimum atomic E-state index is -1.02. The van der Waals surface area contributed by atoms with Crippen LogP contribution in [0.1, 0.15) is 47.3 Å². The minimum Gasteiger partial charge on any atom is -0.390 e. The van der Waals surface area contributed by atoms with Gasteiger partial charge in [-0.3, -0.25) is 4.79 Å². The van der Waals surface area contributed by atoms with Crippen LogP contribution in [0.5, 0.6) is 0 Å². The third-order valence-electron chi connectivity index (χ3n) is 4.68. The number of ketones is 1. The Kier molecular flexibility index (Phi) is 5.12. The third kappa shape index (κ3) is 3.64. The molecule has 4 N–H and O–H groups in total. The fourth-order valence-corrected chi connectivity index (χ4v) is 4.07. The van der Waals surface area contributed by atoms with Crippen LogP contribution in [0.4, 0.5) is 5.82 Å². The highest BCUT2D eigenvalue weighted by molar-refractivity contribution is 7.14. The normalized spacial score (nSPS) is 26.1. The first-order valence-electron chi connectivity index (χ1n) is 8.48. The maximum atomic E-state index is 12.9. The molecular formula is C18H23N3O4S. The predicted octanol–water partition coefficient (Wildman–Crippen LogP) is 1.54. The molecule has 0 unspecified atom stereocenters. The molecule has 0 aromatic carbocycles. The molecule has 0 bridgehead atoms. The largest absolute Gasteiger partial charge is 0.390 e. The number of aliphatic hydroxyl groups is 3. The average molecular weight is 377 g/mol. The van der Waals surface area contributed by atoms with Crippen LogP contribution in [-0.2, 0) is 5.60 Å². The van der Waals surface area contributed by atoms with Gasteiger partial charge in [-0.2, -0.15) is 0 Å². The van der Waals surface area contributed by atoms with Crippen molar-refractivity contribution in [2.24, 2.45) is 5.92 Å². The molecular weight excluding hydrogens is 354 g/mol. The van der Waals surface area contributed by atoms with Crippen molar-refractivity contribution in [3.05, 3.63) is 40.0 Å². The van der Waals surface area contributed by atoms with Crippen molar-refractivity contribution >= 4 is 22.9 Å². The lowest BCUT2D eigenvalue weighted by Gasteiger charge is -2.19. The van der Waals surface area contributed by atoms with Crippen LogP contribution in [-0.4, -0.2) is 49.3 Å². The van der Waals surface area contributed by atoms with Gasteiger partial charge in [-0.25, -0.2) is 9.97 Å². The third-order valence-corrected chi connectivity index (χ3v) is 6.08. The Morgan fingerprint density at radius 2 is 2.04 bits per heavy atom. The van der Waals surface area contributed by atoms with E-state index in [1.807, 2.05) is 6.92 Å². The summed E-state index contributed by atoms with van der Waals surface area (Å²) in [5.41, 5.74) is -0.726. The fraction of sp³-hybridized carbons (Fsp3) is 0.500. The SMILES string of the molecule is C[C@@H]1C[C@@H](Nc2ncncc2C(=O)c2ccc(C(C)(C)O)s2)[C@H](O)[C@@H]1O. The second kappa shape index (κ2) is 7.03. The first-order valence-corrected chi connectivity index (χ1v) is 9.30. The molecule has 1 saturated carbocycles. The smallest absolute Gasteiger partial charge is 0.208 e. The van der Waals surface area contributed by atoms with Gasteiger partial charge in [0.15, 0.2) is 0 Å². The number of carbonyl (C=O) groups is 1. The zero-order chi connectivity index (χ0) is 19.1. The summed E-state index contributed by atoms with van der Waals surface area (Å²) in [4.78, 5) is 22.1. The summed E-state index contributed by atoms with van der Waals surface area (Å²) in [7, 11) is 0. The molecule has 2 heterocycles. The van der Waals surface area contributed by atoms with Crippen molar-refractivity contribution < 1.29 is 20.1 Å². The molecule has 0 amide bonds. The highest BCUT2D eigenvalue weighted by Gasteiger charge is 2.39. The molecule has 140 valence electrons. The molecule has 0 radical (unpaired) electrons. The first kappa shape index (κ1) is 18.9. The van der Waals surface area contributed by atoms with Crippen molar-refractivity contribution in [2.45, 2.75) is 51.0 Å². The molecule has 7 nitrogen and oxygen atoms in total. The summed E-state index contributed by atoms with van der Waals surface area (Å²) in [6.07, 6.45) is 1.60. The molecule has 1 aliphatic carbocycles. The summed E-state index contributed by atoms with van der Waals surface area (Å²) < 4.78 is 0. The highest BCUT2D eigenvalue weighted by Crippen LogP contribution is 2.32. The van der Waals surface area contributed by atoms with E-state index < -0.39 is 23.9 Å². The number of anilines is 1. The van der Waals surface area contributed by atoms with Gasteiger partial charge < -0.3 is 20.6 Å². The van der Waals surface area contributed by atoms with E-state index in [9.17, 15) is 20.1 Å². The van der Waals surface area contributed by atoms with E-state index in [0.717, 1.165) is 0 Å². The number of aromatic nitrogens is 2. The van der Waals surface area contributed by atoms with Crippen molar-refractivity contribution in [3.63, 3.8) is 0 Å². The number of aliphatic hydroxyl groups excluding tert-OH is 2. The molecule has 2 aromatic heterocycles. The number of nitrogens with zero attached hydrogens (tertiary/aromatic N) is 2. The Morgan fingerprint density at radius 3 is 2.62 bits per heavy atom. The van der Waals surface area contributed by atoms with E-state index in [1.54, 1.807) is 26.0 Å². The van der Waals surface area contributed by atoms with Crippen molar-refractivity contribution in [3.8, 4) is 0 Å². The maximum absolute atomic E-state index is 12.9. The van der Waals surface area contributed by atoms with Gasteiger partial charge in [0.05, 0.1) is 28.2 Å². The number of rotatable bonds is 5. The van der Waals surface area contributed by atoms with E-state index in [4.69, 9.17) is 0 Å². The molecule has 26 heavy (non-hydrogen) atoms. The number of nitrogens with one attached hydrogen (secondary N) is 1. The molecule has 0 aliphatic heterocycles. The van der Waals surface area contributed by atoms with Gasteiger partial charge in [0.1, 0.15) is 18.2 Å². The lowest BCUT2D eigenvalue weighted by atomic mass is 10.1. The van der Waals surface area contributed by atoms with E-state index in [0.29, 0.717) is 22.0 Å². The zero-order valence-electron chi connectivity index (χ0n) is 14.9. The Balaban J connectivity index is 1.85. The van der Waals surface area contributed by atoms with Crippen molar-refractivity contribution in [1.82, 2.24) is 9.97 Å². The van der Waals surface area contributed by atoms with Gasteiger partial charge in [-0.15, -0.1) is 11.3 Å². The van der Waals surface area contributed by atoms with E-state index >= 15 is 0 Å². The van der Waals surface area contributed by atoms with E-state index in [1.165, 1.54) is 23.9 Å². The van der Waals surface area contributed by atoms with Crippen LogP contribution < -0.4 is 5.32 Å². The van der Waals surface area contributed by atoms with Crippen LogP contribution in [0.25, 0.3) is 0 Å². The van der Waals surface area contributed by atoms with Gasteiger partial charge in [0.2, 0.25) is 5.78 Å². The molecule has 1 fully saturated rings. The molecule has 4 atom stereocenters. The number of hydrogen-bond donors (Lipinski definition) is 4. The van der Waals surface area contributed by atoms with Crippen LogP contribution in [0.15, 0.2) is 24.7 Å². The van der Waals surface area contributed by atoms with Gasteiger partial charge >= 0.3 is 0 Å². The first-order chi connectivity index (χ1) is 12.2. The number of hydrogen-bond acceptors (Lipinski definition) is 8. The summed E-state index contributed by atoms with van der Waals surface area (Å²) >= 11 is 1.22. The lowest BCUT2D eigenvalue weighted by molar-refractivity contribution is 0.0210. The summed E-state index contributed by atoms with van der Waals surface area (Å²) in [6, 6.07) is 3.01. The Hall–Kier alpha value is -1.87. The lowest BCUT2D eigenvalue weighted by Crippen LogP contribution is -2.35. The topological polar surface area (TPSA) is 116 Å². The highest BCUT2D eigenvalue weighted by atomic mass is 32.1. The summed E-state index contributed by atoms with van der Waals surface area (Å²) in [5.74, 6) is 0.0263. The quantitative estimate of drug-likeness (QED) is 0.584. The van der Waals surface area contributed by atoms with Crippen LogP contribution >= 0.6 is 11.3 Å². The molecule has 8 heteroatoms. The molecule has 3 rings (SSSR count). The van der Waals surface area contributed by atoms with Gasteiger partial charge in [-0.05, 0) is 38.3 Å². The second-order valence-electron chi connectivity index (χ2n) is 7.28. The number of carbonyl (C=O) groups excluding carboxylic acids is 1. The fourth-order valence-electron chi connectivity index (χ4n) is 3.11. The molecule has 0 spiro atoms. The molecule has 2 aromatic rings. The Bertz CT molecular complexity index is 802. The van der Waals surface area contributed by atoms with Crippen molar-refractivity contribution in [1.29, 1.82) is 0 Å². The number of thiophene rings is 1. The summed E-state index contributed by atoms with van der Waals surface area (Å²) in [6.45, 7) is 5.20. The van der Waals surface area contributed by atoms with Gasteiger partial charge in [0, 0.05) is 11.1 Å². The average Bonchev–Trinajstić information content (AvgIpc) is 3.17. The molecule has 1 aliphatic rings.